The lowest BCUT2D eigenvalue weighted by molar-refractivity contribution is -0.132. The third-order valence-electron chi connectivity index (χ3n) is 5.65. The number of hydrogen-bond donors (Lipinski definition) is 2. The van der Waals surface area contributed by atoms with Gasteiger partial charge in [0.2, 0.25) is 11.8 Å². The molecule has 2 amide bonds. The van der Waals surface area contributed by atoms with E-state index in [2.05, 4.69) is 26.8 Å². The number of amides is 2. The number of carbonyl (C=O) groups excluding carboxylic acids is 2. The Morgan fingerprint density at radius 2 is 2.00 bits per heavy atom. The number of halogens is 1. The van der Waals surface area contributed by atoms with E-state index >= 15 is 0 Å². The zero-order valence-electron chi connectivity index (χ0n) is 20.4. The fourth-order valence-electron chi connectivity index (χ4n) is 3.33. The number of hydrogen-bond acceptors (Lipinski definition) is 7. The second kappa shape index (κ2) is 11.4. The Hall–Kier alpha value is -2.33. The van der Waals surface area contributed by atoms with Crippen molar-refractivity contribution < 1.29 is 23.5 Å². The largest absolute Gasteiger partial charge is 0.473 e. The van der Waals surface area contributed by atoms with Crippen LogP contribution in [0.25, 0.3) is 0 Å². The summed E-state index contributed by atoms with van der Waals surface area (Å²) in [5.41, 5.74) is -0.661. The number of nitrogens with one attached hydrogen (secondary N) is 2. The van der Waals surface area contributed by atoms with E-state index in [0.717, 1.165) is 43.7 Å². The summed E-state index contributed by atoms with van der Waals surface area (Å²) in [4.78, 5) is 29.5. The van der Waals surface area contributed by atoms with Gasteiger partial charge in [0, 0.05) is 53.8 Å². The molecule has 8 nitrogen and oxygen atoms in total. The molecule has 0 aromatic carbocycles. The zero-order valence-corrected chi connectivity index (χ0v) is 21.2. The number of ether oxygens (including phenoxy) is 2. The summed E-state index contributed by atoms with van der Waals surface area (Å²) in [7, 11) is 0. The Bertz CT molecular complexity index is 876. The number of nitrogens with zero attached hydrogens (tertiary/aromatic N) is 2. The fourth-order valence-corrected chi connectivity index (χ4v) is 4.22. The quantitative estimate of drug-likeness (QED) is 0.497. The average molecular weight is 495 g/mol. The van der Waals surface area contributed by atoms with Gasteiger partial charge in [-0.2, -0.15) is 0 Å². The molecule has 0 unspecified atom stereocenters. The second-order valence-electron chi connectivity index (χ2n) is 10.1. The first-order chi connectivity index (χ1) is 16.1. The molecular formula is C24H35FN4O4S. The predicted octanol–water partition coefficient (Wildman–Crippen LogP) is 4.23. The van der Waals surface area contributed by atoms with E-state index in [-0.39, 0.29) is 30.0 Å². The Morgan fingerprint density at radius 1 is 1.29 bits per heavy atom. The van der Waals surface area contributed by atoms with E-state index in [9.17, 15) is 14.0 Å². The zero-order chi connectivity index (χ0) is 24.8. The molecule has 2 heterocycles. The highest BCUT2D eigenvalue weighted by Crippen LogP contribution is 2.36. The van der Waals surface area contributed by atoms with Crippen molar-refractivity contribution in [3.8, 4) is 5.88 Å². The van der Waals surface area contributed by atoms with Gasteiger partial charge in [-0.15, -0.1) is 0 Å². The number of rotatable bonds is 9. The summed E-state index contributed by atoms with van der Waals surface area (Å²) in [6, 6.07) is 4.02. The Labute approximate surface area is 205 Å². The van der Waals surface area contributed by atoms with Crippen molar-refractivity contribution in [2.24, 2.45) is 5.41 Å². The second-order valence-corrected chi connectivity index (χ2v) is 11.2. The lowest BCUT2D eigenvalue weighted by atomic mass is 9.80. The molecule has 1 saturated carbocycles. The molecule has 0 atom stereocenters. The van der Waals surface area contributed by atoms with Crippen molar-refractivity contribution in [3.63, 3.8) is 0 Å². The van der Waals surface area contributed by atoms with Gasteiger partial charge in [0.15, 0.2) is 0 Å². The summed E-state index contributed by atoms with van der Waals surface area (Å²) in [5.74, 6) is 0.551. The first kappa shape index (κ1) is 26.3. The van der Waals surface area contributed by atoms with Crippen LogP contribution in [-0.2, 0) is 9.53 Å². The molecule has 1 aromatic heterocycles. The van der Waals surface area contributed by atoms with Crippen LogP contribution in [0.15, 0.2) is 35.1 Å². The monoisotopic (exact) mass is 494 g/mol. The van der Waals surface area contributed by atoms with Gasteiger partial charge >= 0.3 is 6.09 Å². The highest BCUT2D eigenvalue weighted by Gasteiger charge is 2.39. The minimum Gasteiger partial charge on any atom is -0.473 e. The summed E-state index contributed by atoms with van der Waals surface area (Å²) in [5, 5.41) is 5.64. The molecule has 34 heavy (non-hydrogen) atoms. The van der Waals surface area contributed by atoms with Crippen LogP contribution in [0.1, 0.15) is 53.4 Å². The van der Waals surface area contributed by atoms with Crippen molar-refractivity contribution in [1.29, 1.82) is 0 Å². The van der Waals surface area contributed by atoms with Gasteiger partial charge in [-0.05, 0) is 64.5 Å². The highest BCUT2D eigenvalue weighted by atomic mass is 32.2. The van der Waals surface area contributed by atoms with E-state index in [1.807, 2.05) is 6.07 Å². The van der Waals surface area contributed by atoms with E-state index in [4.69, 9.17) is 9.47 Å². The van der Waals surface area contributed by atoms with Crippen molar-refractivity contribution in [1.82, 2.24) is 19.9 Å². The standard InChI is InChI=1S/C24H35FN4O4S/c1-23(2,3)33-22(31)27-14-17(13-25)16-32-20-8-7-19(15-26-20)34-29-11-9-24(4,10-12-29)21(30)28-18-5-6-18/h7-8,13,15,18H,5-6,9-12,14,16H2,1-4H3,(H,27,31)(H,28,30)/b17-13+. The van der Waals surface area contributed by atoms with Crippen LogP contribution in [0, 0.1) is 5.41 Å². The third-order valence-corrected chi connectivity index (χ3v) is 6.72. The maximum atomic E-state index is 13.2. The van der Waals surface area contributed by atoms with Gasteiger partial charge in [0.25, 0.3) is 0 Å². The van der Waals surface area contributed by atoms with E-state index < -0.39 is 11.7 Å². The maximum absolute atomic E-state index is 13.2. The molecule has 1 aliphatic heterocycles. The van der Waals surface area contributed by atoms with Gasteiger partial charge in [-0.1, -0.05) is 6.92 Å². The summed E-state index contributed by atoms with van der Waals surface area (Å²) < 4.78 is 26.1. The average Bonchev–Trinajstić information content (AvgIpc) is 3.59. The van der Waals surface area contributed by atoms with E-state index in [1.165, 1.54) is 0 Å². The molecule has 2 fully saturated rings. The van der Waals surface area contributed by atoms with E-state index in [1.54, 1.807) is 45.0 Å². The molecule has 1 aromatic rings. The first-order valence-electron chi connectivity index (χ1n) is 11.6. The van der Waals surface area contributed by atoms with Crippen LogP contribution in [0.4, 0.5) is 9.18 Å². The predicted molar refractivity (Wildman–Crippen MR) is 129 cm³/mol. The topological polar surface area (TPSA) is 92.8 Å². The van der Waals surface area contributed by atoms with Gasteiger partial charge in [0.05, 0.1) is 6.33 Å². The van der Waals surface area contributed by atoms with Crippen LogP contribution < -0.4 is 15.4 Å². The summed E-state index contributed by atoms with van der Waals surface area (Å²) >= 11 is 1.61. The molecule has 0 bridgehead atoms. The normalized spacial score (nSPS) is 18.8. The van der Waals surface area contributed by atoms with Gasteiger partial charge < -0.3 is 20.1 Å². The molecule has 0 radical (unpaired) electrons. The van der Waals surface area contributed by atoms with Crippen molar-refractivity contribution in [3.05, 3.63) is 30.2 Å². The van der Waals surface area contributed by atoms with Crippen molar-refractivity contribution in [2.45, 2.75) is 69.9 Å². The highest BCUT2D eigenvalue weighted by molar-refractivity contribution is 7.97. The Morgan fingerprint density at radius 3 is 2.56 bits per heavy atom. The summed E-state index contributed by atoms with van der Waals surface area (Å²) in [6.07, 6.45) is 5.36. The molecule has 2 N–H and O–H groups in total. The molecular weight excluding hydrogens is 459 g/mol. The van der Waals surface area contributed by atoms with Crippen molar-refractivity contribution in [2.75, 3.05) is 26.2 Å². The van der Waals surface area contributed by atoms with Gasteiger partial charge in [-0.3, -0.25) is 4.79 Å². The fraction of sp³-hybridized carbons (Fsp3) is 0.625. The van der Waals surface area contributed by atoms with Gasteiger partial charge in [0.1, 0.15) is 12.2 Å². The smallest absolute Gasteiger partial charge is 0.407 e. The SMILES string of the molecule is CC(C)(C)OC(=O)NC/C(=C\F)COc1ccc(SN2CCC(C)(C(=O)NC3CC3)CC2)cn1. The molecule has 10 heteroatoms. The summed E-state index contributed by atoms with van der Waals surface area (Å²) in [6.45, 7) is 8.92. The number of carbonyl (C=O) groups is 2. The minimum atomic E-state index is -0.623. The van der Waals surface area contributed by atoms with Crippen LogP contribution in [0.3, 0.4) is 0 Å². The molecule has 0 spiro atoms. The molecule has 1 aliphatic carbocycles. The molecule has 3 rings (SSSR count). The Balaban J connectivity index is 1.39. The minimum absolute atomic E-state index is 0.0219. The third kappa shape index (κ3) is 8.47. The molecule has 188 valence electrons. The first-order valence-corrected chi connectivity index (χ1v) is 12.4. The Kier molecular flexibility index (Phi) is 8.81. The number of pyridine rings is 1. The number of alkyl carbamates (subject to hydrolysis) is 1. The lowest BCUT2D eigenvalue weighted by Crippen LogP contribution is -2.46. The van der Waals surface area contributed by atoms with Crippen molar-refractivity contribution >= 4 is 23.9 Å². The van der Waals surface area contributed by atoms with Gasteiger partial charge in [-0.25, -0.2) is 18.5 Å². The van der Waals surface area contributed by atoms with Crippen LogP contribution in [0.5, 0.6) is 5.88 Å². The number of piperidine rings is 1. The molecule has 2 aliphatic rings. The van der Waals surface area contributed by atoms with Crippen LogP contribution in [-0.4, -0.2) is 59.2 Å². The maximum Gasteiger partial charge on any atom is 0.407 e. The lowest BCUT2D eigenvalue weighted by Gasteiger charge is -2.37. The van der Waals surface area contributed by atoms with Crippen LogP contribution in [0.2, 0.25) is 0 Å². The molecule has 1 saturated heterocycles. The van der Waals surface area contributed by atoms with Crippen LogP contribution >= 0.6 is 11.9 Å². The number of aromatic nitrogens is 1. The van der Waals surface area contributed by atoms with E-state index in [0.29, 0.717) is 18.3 Å².